The van der Waals surface area contributed by atoms with Gasteiger partial charge in [0.25, 0.3) is 0 Å². The molecule has 202 valence electrons. The standard InChI is InChI=1S/C32H44O5/c1-3-5-7-10-16-25(33)23-35-30-22-31(37-27-18-12-9-13-19-27)32(29-21-15-14-20-28(29)30)36-24-26(34)17-11-8-6-4-2/h9,12-15,18-22,25-26,33-34H,3-8,10-11,16-17,23-24H2,1-2H3. The lowest BCUT2D eigenvalue weighted by molar-refractivity contribution is 0.0957. The molecule has 5 nitrogen and oxygen atoms in total. The van der Waals surface area contributed by atoms with Crippen LogP contribution >= 0.6 is 0 Å². The highest BCUT2D eigenvalue weighted by atomic mass is 16.5. The molecule has 0 aliphatic carbocycles. The van der Waals surface area contributed by atoms with Crippen LogP contribution < -0.4 is 14.2 Å². The predicted octanol–water partition coefficient (Wildman–Crippen LogP) is 8.05. The van der Waals surface area contributed by atoms with E-state index in [1.54, 1.807) is 0 Å². The Hall–Kier alpha value is -2.76. The number of ether oxygens (including phenoxy) is 3. The van der Waals surface area contributed by atoms with E-state index < -0.39 is 12.2 Å². The first-order chi connectivity index (χ1) is 18.1. The monoisotopic (exact) mass is 508 g/mol. The summed E-state index contributed by atoms with van der Waals surface area (Å²) in [6, 6.07) is 19.3. The largest absolute Gasteiger partial charge is 0.490 e. The summed E-state index contributed by atoms with van der Waals surface area (Å²) >= 11 is 0. The molecule has 5 heteroatoms. The highest BCUT2D eigenvalue weighted by Crippen LogP contribution is 2.43. The molecular formula is C32H44O5. The number of unbranched alkanes of at least 4 members (excludes halogenated alkanes) is 6. The van der Waals surface area contributed by atoms with E-state index in [-0.39, 0.29) is 13.2 Å². The fourth-order valence-corrected chi connectivity index (χ4v) is 4.40. The molecule has 0 aliphatic rings. The van der Waals surface area contributed by atoms with Crippen LogP contribution in [0, 0.1) is 0 Å². The molecule has 37 heavy (non-hydrogen) atoms. The Bertz CT molecular complexity index is 1040. The van der Waals surface area contributed by atoms with Gasteiger partial charge in [-0.15, -0.1) is 0 Å². The number of hydrogen-bond donors (Lipinski definition) is 2. The molecule has 0 bridgehead atoms. The van der Waals surface area contributed by atoms with E-state index in [0.717, 1.165) is 42.9 Å². The topological polar surface area (TPSA) is 68.2 Å². The molecule has 0 saturated carbocycles. The SMILES string of the molecule is CCCCCCC(O)COc1cc(Oc2ccccc2)c(OCC(O)CCCCCC)c2ccccc12. The highest BCUT2D eigenvalue weighted by molar-refractivity contribution is 5.95. The quantitative estimate of drug-likeness (QED) is 0.170. The lowest BCUT2D eigenvalue weighted by Gasteiger charge is -2.20. The van der Waals surface area contributed by atoms with Gasteiger partial charge in [0, 0.05) is 16.8 Å². The summed E-state index contributed by atoms with van der Waals surface area (Å²) in [6.45, 7) is 4.78. The van der Waals surface area contributed by atoms with E-state index in [1.165, 1.54) is 25.7 Å². The van der Waals surface area contributed by atoms with Crippen molar-refractivity contribution in [3.63, 3.8) is 0 Å². The van der Waals surface area contributed by atoms with Crippen LogP contribution in [0.25, 0.3) is 10.8 Å². The summed E-state index contributed by atoms with van der Waals surface area (Å²) in [5, 5.41) is 22.8. The van der Waals surface area contributed by atoms with Crippen molar-refractivity contribution in [1.82, 2.24) is 0 Å². The van der Waals surface area contributed by atoms with E-state index in [1.807, 2.05) is 60.7 Å². The average Bonchev–Trinajstić information content (AvgIpc) is 2.92. The van der Waals surface area contributed by atoms with Gasteiger partial charge in [0.15, 0.2) is 11.5 Å². The molecule has 2 atom stereocenters. The van der Waals surface area contributed by atoms with Crippen LogP contribution in [0.2, 0.25) is 0 Å². The molecular weight excluding hydrogens is 464 g/mol. The lowest BCUT2D eigenvalue weighted by atomic mass is 10.1. The Morgan fingerprint density at radius 3 is 1.81 bits per heavy atom. The minimum atomic E-state index is -0.543. The number of para-hydroxylation sites is 1. The Kier molecular flexibility index (Phi) is 12.6. The van der Waals surface area contributed by atoms with Crippen LogP contribution in [-0.2, 0) is 0 Å². The van der Waals surface area contributed by atoms with E-state index >= 15 is 0 Å². The maximum Gasteiger partial charge on any atom is 0.173 e. The summed E-state index contributed by atoms with van der Waals surface area (Å²) in [4.78, 5) is 0. The van der Waals surface area contributed by atoms with E-state index in [2.05, 4.69) is 13.8 Å². The van der Waals surface area contributed by atoms with Crippen LogP contribution in [0.3, 0.4) is 0 Å². The number of fused-ring (bicyclic) bond motifs is 1. The number of aliphatic hydroxyl groups is 2. The fraction of sp³-hybridized carbons (Fsp3) is 0.500. The summed E-state index contributed by atoms with van der Waals surface area (Å²) in [7, 11) is 0. The third-order valence-corrected chi connectivity index (χ3v) is 6.53. The zero-order chi connectivity index (χ0) is 26.3. The molecule has 2 N–H and O–H groups in total. The Morgan fingerprint density at radius 2 is 1.19 bits per heavy atom. The lowest BCUT2D eigenvalue weighted by Crippen LogP contribution is -2.18. The minimum Gasteiger partial charge on any atom is -0.490 e. The maximum atomic E-state index is 10.5. The van der Waals surface area contributed by atoms with Gasteiger partial charge < -0.3 is 24.4 Å². The van der Waals surface area contributed by atoms with Gasteiger partial charge in [0.1, 0.15) is 24.7 Å². The first-order valence-corrected chi connectivity index (χ1v) is 14.0. The molecule has 0 aliphatic heterocycles. The molecule has 3 aromatic rings. The van der Waals surface area contributed by atoms with Gasteiger partial charge in [-0.1, -0.05) is 108 Å². The Balaban J connectivity index is 1.81. The molecule has 0 radical (unpaired) electrons. The Morgan fingerprint density at radius 1 is 0.622 bits per heavy atom. The maximum absolute atomic E-state index is 10.5. The van der Waals surface area contributed by atoms with Crippen molar-refractivity contribution in [3.8, 4) is 23.0 Å². The molecule has 3 aromatic carbocycles. The van der Waals surface area contributed by atoms with Gasteiger partial charge in [-0.25, -0.2) is 0 Å². The first-order valence-electron chi connectivity index (χ1n) is 14.0. The summed E-state index contributed by atoms with van der Waals surface area (Å²) in [6.07, 6.45) is 9.32. The van der Waals surface area contributed by atoms with Crippen molar-refractivity contribution < 1.29 is 24.4 Å². The molecule has 0 spiro atoms. The second kappa shape index (κ2) is 16.2. The van der Waals surface area contributed by atoms with Crippen LogP contribution in [0.4, 0.5) is 0 Å². The summed E-state index contributed by atoms with van der Waals surface area (Å²) < 4.78 is 18.6. The fourth-order valence-electron chi connectivity index (χ4n) is 4.40. The van der Waals surface area contributed by atoms with Gasteiger partial charge in [-0.2, -0.15) is 0 Å². The second-order valence-electron chi connectivity index (χ2n) is 9.79. The average molecular weight is 509 g/mol. The molecule has 0 aromatic heterocycles. The zero-order valence-electron chi connectivity index (χ0n) is 22.5. The molecule has 3 rings (SSSR count). The van der Waals surface area contributed by atoms with E-state index in [4.69, 9.17) is 14.2 Å². The van der Waals surface area contributed by atoms with E-state index in [0.29, 0.717) is 29.4 Å². The van der Waals surface area contributed by atoms with Gasteiger partial charge in [0.2, 0.25) is 0 Å². The van der Waals surface area contributed by atoms with Crippen LogP contribution in [0.15, 0.2) is 60.7 Å². The normalized spacial score (nSPS) is 12.9. The van der Waals surface area contributed by atoms with Crippen LogP contribution in [0.5, 0.6) is 23.0 Å². The zero-order valence-corrected chi connectivity index (χ0v) is 22.5. The molecule has 0 heterocycles. The molecule has 0 fully saturated rings. The van der Waals surface area contributed by atoms with Gasteiger partial charge in [-0.05, 0) is 25.0 Å². The third-order valence-electron chi connectivity index (χ3n) is 6.53. The van der Waals surface area contributed by atoms with Crippen molar-refractivity contribution in [2.24, 2.45) is 0 Å². The smallest absolute Gasteiger partial charge is 0.173 e. The molecule has 0 amide bonds. The number of hydrogen-bond acceptors (Lipinski definition) is 5. The van der Waals surface area contributed by atoms with Gasteiger partial charge in [-0.3, -0.25) is 0 Å². The van der Waals surface area contributed by atoms with Crippen molar-refractivity contribution >= 4 is 10.8 Å². The minimum absolute atomic E-state index is 0.192. The van der Waals surface area contributed by atoms with Crippen molar-refractivity contribution in [3.05, 3.63) is 60.7 Å². The van der Waals surface area contributed by atoms with Gasteiger partial charge in [0.05, 0.1) is 12.2 Å². The number of benzene rings is 3. The predicted molar refractivity (Wildman–Crippen MR) is 151 cm³/mol. The van der Waals surface area contributed by atoms with E-state index in [9.17, 15) is 10.2 Å². The first kappa shape index (κ1) is 28.8. The number of aliphatic hydroxyl groups excluding tert-OH is 2. The Labute approximate surface area is 222 Å². The van der Waals surface area contributed by atoms with Gasteiger partial charge >= 0.3 is 0 Å². The van der Waals surface area contributed by atoms with Crippen LogP contribution in [0.1, 0.15) is 78.1 Å². The summed E-state index contributed by atoms with van der Waals surface area (Å²) in [5.74, 6) is 2.43. The highest BCUT2D eigenvalue weighted by Gasteiger charge is 2.19. The second-order valence-corrected chi connectivity index (χ2v) is 9.79. The molecule has 2 unspecified atom stereocenters. The molecule has 0 saturated heterocycles. The van der Waals surface area contributed by atoms with Crippen molar-refractivity contribution in [2.75, 3.05) is 13.2 Å². The van der Waals surface area contributed by atoms with Crippen molar-refractivity contribution in [2.45, 2.75) is 90.3 Å². The van der Waals surface area contributed by atoms with Crippen LogP contribution in [-0.4, -0.2) is 35.6 Å². The summed E-state index contributed by atoms with van der Waals surface area (Å²) in [5.41, 5.74) is 0. The number of rotatable bonds is 18. The van der Waals surface area contributed by atoms with Crippen molar-refractivity contribution in [1.29, 1.82) is 0 Å². The third kappa shape index (κ3) is 9.56.